The van der Waals surface area contributed by atoms with Gasteiger partial charge in [0.05, 0.1) is 22.5 Å². The molecular weight excluding hydrogens is 645 g/mol. The number of hydrogen-bond acceptors (Lipinski definition) is 6. The number of pyridine rings is 1. The Hall–Kier alpha value is -3.04. The Bertz CT molecular complexity index is 1560. The van der Waals surface area contributed by atoms with Crippen LogP contribution in [0, 0.1) is 12.8 Å². The zero-order chi connectivity index (χ0) is 32.4. The molecule has 8 nitrogen and oxygen atoms in total. The highest BCUT2D eigenvalue weighted by molar-refractivity contribution is 6.37. The number of nitrogens with one attached hydrogen (secondary N) is 2. The Labute approximate surface area is 285 Å². The molecule has 3 aliphatic rings. The third-order valence-electron chi connectivity index (χ3n) is 9.16. The van der Waals surface area contributed by atoms with E-state index in [0.717, 1.165) is 66.8 Å². The maximum atomic E-state index is 14.2. The summed E-state index contributed by atoms with van der Waals surface area (Å²) in [5.74, 6) is 1.36. The van der Waals surface area contributed by atoms with Gasteiger partial charge in [-0.15, -0.1) is 0 Å². The van der Waals surface area contributed by atoms with E-state index in [0.29, 0.717) is 47.0 Å². The molecule has 6 rings (SSSR count). The van der Waals surface area contributed by atoms with Crippen LogP contribution in [-0.4, -0.2) is 60.0 Å². The minimum Gasteiger partial charge on any atom is -0.485 e. The van der Waals surface area contributed by atoms with E-state index >= 15 is 0 Å². The molecule has 1 aliphatic carbocycles. The number of carbonyl (C=O) groups is 2. The van der Waals surface area contributed by atoms with Gasteiger partial charge >= 0.3 is 0 Å². The standard InChI is InChI=1S/C35H40Cl3N5O3/c1-21-13-31(37)34(32(38)14-21)46-27-10-12-42(20-27)33-8-4-24(17-41-33)28-9-11-39-18-29(28)35(45)43(26-5-6-26)19-25-15-23(3-7-30(25)36)16-40-22(2)44/h3-4,7-8,13-15,17,26-29,39H,5-6,9-12,16,18-20H2,1-2H3,(H,40,44)/t27-,28?,29?/m1/s1. The summed E-state index contributed by atoms with van der Waals surface area (Å²) in [5.41, 5.74) is 3.93. The first kappa shape index (κ1) is 32.9. The lowest BCUT2D eigenvalue weighted by Crippen LogP contribution is -2.47. The fraction of sp³-hybridized carbons (Fsp3) is 0.457. The normalized spacial score (nSPS) is 21.2. The van der Waals surface area contributed by atoms with Gasteiger partial charge in [-0.2, -0.15) is 0 Å². The molecule has 1 saturated carbocycles. The van der Waals surface area contributed by atoms with Crippen molar-refractivity contribution in [1.82, 2.24) is 20.5 Å². The molecule has 3 aromatic rings. The number of halogens is 3. The zero-order valence-corrected chi connectivity index (χ0v) is 28.5. The topological polar surface area (TPSA) is 86.8 Å². The lowest BCUT2D eigenvalue weighted by molar-refractivity contribution is -0.138. The van der Waals surface area contributed by atoms with Crippen molar-refractivity contribution in [3.05, 3.63) is 86.0 Å². The SMILES string of the molecule is CC(=O)NCc1ccc(Cl)c(CN(C(=O)C2CNCCC2c2ccc(N3CC[C@@H](Oc4c(Cl)cc(C)cc4Cl)C3)nc2)C2CC2)c1. The number of nitrogens with zero attached hydrogens (tertiary/aromatic N) is 3. The van der Waals surface area contributed by atoms with Crippen LogP contribution in [0.15, 0.2) is 48.7 Å². The third-order valence-corrected chi connectivity index (χ3v) is 10.1. The second kappa shape index (κ2) is 14.4. The molecule has 2 N–H and O–H groups in total. The number of amides is 2. The van der Waals surface area contributed by atoms with Gasteiger partial charge in [0.1, 0.15) is 11.9 Å². The number of aryl methyl sites for hydroxylation is 1. The zero-order valence-electron chi connectivity index (χ0n) is 26.2. The summed E-state index contributed by atoms with van der Waals surface area (Å²) in [6, 6.07) is 13.9. The van der Waals surface area contributed by atoms with Crippen LogP contribution >= 0.6 is 34.8 Å². The smallest absolute Gasteiger partial charge is 0.228 e. The number of ether oxygens (including phenoxy) is 1. The first-order valence-corrected chi connectivity index (χ1v) is 17.2. The van der Waals surface area contributed by atoms with Gasteiger partial charge in [-0.05, 0) is 85.2 Å². The van der Waals surface area contributed by atoms with E-state index in [2.05, 4.69) is 27.7 Å². The average molecular weight is 685 g/mol. The van der Waals surface area contributed by atoms with E-state index < -0.39 is 0 Å². The molecule has 2 unspecified atom stereocenters. The highest BCUT2D eigenvalue weighted by Gasteiger charge is 2.40. The molecule has 2 amide bonds. The van der Waals surface area contributed by atoms with Gasteiger partial charge in [-0.3, -0.25) is 9.59 Å². The van der Waals surface area contributed by atoms with Crippen LogP contribution in [0.3, 0.4) is 0 Å². The van der Waals surface area contributed by atoms with Gasteiger partial charge in [-0.1, -0.05) is 53.0 Å². The van der Waals surface area contributed by atoms with Gasteiger partial charge in [0, 0.05) is 56.8 Å². The van der Waals surface area contributed by atoms with Gasteiger partial charge in [0.2, 0.25) is 11.8 Å². The largest absolute Gasteiger partial charge is 0.485 e. The Morgan fingerprint density at radius 1 is 1.04 bits per heavy atom. The molecule has 2 saturated heterocycles. The quantitative estimate of drug-likeness (QED) is 0.253. The van der Waals surface area contributed by atoms with Crippen LogP contribution in [-0.2, 0) is 22.7 Å². The van der Waals surface area contributed by atoms with E-state index in [1.807, 2.05) is 48.4 Å². The van der Waals surface area contributed by atoms with E-state index in [1.54, 1.807) is 0 Å². The second-order valence-corrected chi connectivity index (χ2v) is 13.9. The average Bonchev–Trinajstić information content (AvgIpc) is 3.78. The summed E-state index contributed by atoms with van der Waals surface area (Å²) in [6.45, 7) is 7.31. The van der Waals surface area contributed by atoms with Crippen LogP contribution in [0.5, 0.6) is 5.75 Å². The molecular formula is C35H40Cl3N5O3. The predicted molar refractivity (Wildman–Crippen MR) is 183 cm³/mol. The Balaban J connectivity index is 1.13. The van der Waals surface area contributed by atoms with E-state index in [9.17, 15) is 9.59 Å². The second-order valence-electron chi connectivity index (χ2n) is 12.7. The number of piperidine rings is 1. The van der Waals surface area contributed by atoms with E-state index in [4.69, 9.17) is 44.5 Å². The monoisotopic (exact) mass is 683 g/mol. The Kier molecular flexibility index (Phi) is 10.3. The molecule has 1 aromatic heterocycles. The summed E-state index contributed by atoms with van der Waals surface area (Å²) in [4.78, 5) is 34.8. The van der Waals surface area contributed by atoms with Gasteiger partial charge in [-0.25, -0.2) is 4.98 Å². The highest BCUT2D eigenvalue weighted by Crippen LogP contribution is 2.38. The minimum absolute atomic E-state index is 0.0430. The van der Waals surface area contributed by atoms with Crippen molar-refractivity contribution in [1.29, 1.82) is 0 Å². The van der Waals surface area contributed by atoms with Crippen LogP contribution in [0.25, 0.3) is 0 Å². The summed E-state index contributed by atoms with van der Waals surface area (Å²) in [5, 5.41) is 7.97. The first-order chi connectivity index (χ1) is 22.2. The molecule has 0 spiro atoms. The van der Waals surface area contributed by atoms with Crippen molar-refractivity contribution in [3.63, 3.8) is 0 Å². The van der Waals surface area contributed by atoms with Crippen molar-refractivity contribution < 1.29 is 14.3 Å². The lowest BCUT2D eigenvalue weighted by atomic mass is 9.80. The van der Waals surface area contributed by atoms with Crippen LogP contribution in [0.1, 0.15) is 60.8 Å². The predicted octanol–water partition coefficient (Wildman–Crippen LogP) is 6.53. The minimum atomic E-state index is -0.197. The molecule has 46 heavy (non-hydrogen) atoms. The fourth-order valence-corrected chi connectivity index (χ4v) is 7.44. The van der Waals surface area contributed by atoms with Crippen molar-refractivity contribution >= 4 is 52.4 Å². The van der Waals surface area contributed by atoms with Crippen LogP contribution < -0.4 is 20.3 Å². The van der Waals surface area contributed by atoms with Crippen molar-refractivity contribution in [2.45, 2.75) is 70.7 Å². The molecule has 3 atom stereocenters. The molecule has 2 aliphatic heterocycles. The molecule has 3 heterocycles. The van der Waals surface area contributed by atoms with Gasteiger partial charge in [0.25, 0.3) is 0 Å². The van der Waals surface area contributed by atoms with E-state index in [-0.39, 0.29) is 35.8 Å². The van der Waals surface area contributed by atoms with Crippen molar-refractivity contribution in [2.75, 3.05) is 31.1 Å². The summed E-state index contributed by atoms with van der Waals surface area (Å²) in [7, 11) is 0. The van der Waals surface area contributed by atoms with Crippen LogP contribution in [0.2, 0.25) is 15.1 Å². The number of anilines is 1. The summed E-state index contributed by atoms with van der Waals surface area (Å²) >= 11 is 19.5. The highest BCUT2D eigenvalue weighted by atomic mass is 35.5. The van der Waals surface area contributed by atoms with Gasteiger partial charge < -0.3 is 25.2 Å². The molecule has 0 radical (unpaired) electrons. The molecule has 3 fully saturated rings. The molecule has 244 valence electrons. The summed E-state index contributed by atoms with van der Waals surface area (Å²) in [6.07, 6.45) is 5.60. The third kappa shape index (κ3) is 7.73. The summed E-state index contributed by atoms with van der Waals surface area (Å²) < 4.78 is 6.22. The maximum Gasteiger partial charge on any atom is 0.228 e. The number of hydrogen-bond donors (Lipinski definition) is 2. The molecule has 0 bridgehead atoms. The number of rotatable bonds is 10. The number of carbonyl (C=O) groups excluding carboxylic acids is 2. The Morgan fingerprint density at radius 3 is 2.52 bits per heavy atom. The van der Waals surface area contributed by atoms with Crippen molar-refractivity contribution in [2.24, 2.45) is 5.92 Å². The van der Waals surface area contributed by atoms with E-state index in [1.165, 1.54) is 6.92 Å². The number of benzene rings is 2. The first-order valence-electron chi connectivity index (χ1n) is 16.0. The van der Waals surface area contributed by atoms with Crippen LogP contribution in [0.4, 0.5) is 5.82 Å². The maximum absolute atomic E-state index is 14.2. The Morgan fingerprint density at radius 2 is 1.83 bits per heavy atom. The lowest BCUT2D eigenvalue weighted by Gasteiger charge is -2.36. The van der Waals surface area contributed by atoms with Gasteiger partial charge in [0.15, 0.2) is 5.75 Å². The molecule has 11 heteroatoms. The fourth-order valence-electron chi connectivity index (χ4n) is 6.57. The molecule has 2 aromatic carbocycles. The van der Waals surface area contributed by atoms with Crippen molar-refractivity contribution in [3.8, 4) is 5.75 Å². The number of aromatic nitrogens is 1.